The first-order valence-corrected chi connectivity index (χ1v) is 31.6. The molecule has 0 aliphatic rings. The van der Waals surface area contributed by atoms with Crippen molar-refractivity contribution in [2.24, 2.45) is 0 Å². The van der Waals surface area contributed by atoms with Gasteiger partial charge in [-0.05, 0) is 154 Å². The van der Waals surface area contributed by atoms with Crippen LogP contribution in [0, 0.1) is 0 Å². The van der Waals surface area contributed by atoms with Gasteiger partial charge in [0.15, 0.2) is 6.10 Å². The Morgan fingerprint density at radius 2 is 0.494 bits per heavy atom. The maximum Gasteiger partial charge on any atom is 0.306 e. The molecule has 0 bridgehead atoms. The molecule has 6 nitrogen and oxygen atoms in total. The van der Waals surface area contributed by atoms with Crippen molar-refractivity contribution in [1.29, 1.82) is 0 Å². The van der Waals surface area contributed by atoms with E-state index in [0.717, 1.165) is 167 Å². The second-order valence-corrected chi connectivity index (χ2v) is 20.2. The van der Waals surface area contributed by atoms with Crippen molar-refractivity contribution in [3.8, 4) is 0 Å². The Morgan fingerprint density at radius 1 is 0.266 bits per heavy atom. The summed E-state index contributed by atoms with van der Waals surface area (Å²) in [7, 11) is 0. The van der Waals surface area contributed by atoms with Crippen molar-refractivity contribution < 1.29 is 28.6 Å². The monoisotopic (exact) mass is 1090 g/mol. The Hall–Kier alpha value is -5.23. The lowest BCUT2D eigenvalue weighted by atomic mass is 10.1. The molecule has 0 aliphatic heterocycles. The van der Waals surface area contributed by atoms with E-state index in [1.807, 2.05) is 0 Å². The molecular weight excluding hydrogens is 973 g/mol. The molecule has 0 aromatic heterocycles. The van der Waals surface area contributed by atoms with E-state index in [0.29, 0.717) is 19.3 Å². The minimum Gasteiger partial charge on any atom is -0.462 e. The van der Waals surface area contributed by atoms with E-state index < -0.39 is 6.10 Å². The van der Waals surface area contributed by atoms with Crippen LogP contribution in [0.15, 0.2) is 170 Å². The van der Waals surface area contributed by atoms with Gasteiger partial charge in [-0.25, -0.2) is 0 Å². The van der Waals surface area contributed by atoms with Crippen molar-refractivity contribution in [2.75, 3.05) is 13.2 Å². The Morgan fingerprint density at radius 3 is 0.797 bits per heavy atom. The van der Waals surface area contributed by atoms with E-state index in [4.69, 9.17) is 14.2 Å². The van der Waals surface area contributed by atoms with Crippen LogP contribution < -0.4 is 0 Å². The van der Waals surface area contributed by atoms with Gasteiger partial charge in [0, 0.05) is 19.3 Å². The molecule has 0 spiro atoms. The number of esters is 3. The predicted octanol–water partition coefficient (Wildman–Crippen LogP) is 21.9. The van der Waals surface area contributed by atoms with Crippen molar-refractivity contribution in [2.45, 2.75) is 258 Å². The number of hydrogen-bond donors (Lipinski definition) is 0. The van der Waals surface area contributed by atoms with Gasteiger partial charge in [0.2, 0.25) is 0 Å². The quantitative estimate of drug-likeness (QED) is 0.0261. The molecule has 0 aromatic carbocycles. The van der Waals surface area contributed by atoms with E-state index in [-0.39, 0.29) is 37.5 Å². The van der Waals surface area contributed by atoms with Gasteiger partial charge in [0.05, 0.1) is 0 Å². The van der Waals surface area contributed by atoms with E-state index in [9.17, 15) is 14.4 Å². The summed E-state index contributed by atoms with van der Waals surface area (Å²) in [6, 6.07) is 0. The highest BCUT2D eigenvalue weighted by molar-refractivity contribution is 5.71. The van der Waals surface area contributed by atoms with Crippen LogP contribution >= 0.6 is 0 Å². The number of hydrogen-bond acceptors (Lipinski definition) is 6. The highest BCUT2D eigenvalue weighted by Crippen LogP contribution is 2.13. The summed E-state index contributed by atoms with van der Waals surface area (Å²) in [5.41, 5.74) is 0. The number of rotatable bonds is 55. The molecule has 0 fully saturated rings. The number of unbranched alkanes of at least 4 members (excludes halogenated alkanes) is 16. The Bertz CT molecular complexity index is 1820. The molecule has 0 saturated heterocycles. The van der Waals surface area contributed by atoms with Crippen molar-refractivity contribution >= 4 is 17.9 Å². The summed E-state index contributed by atoms with van der Waals surface area (Å²) in [6.07, 6.45) is 96.4. The number of carbonyl (C=O) groups is 3. The first kappa shape index (κ1) is 73.8. The van der Waals surface area contributed by atoms with E-state index >= 15 is 0 Å². The first-order valence-electron chi connectivity index (χ1n) is 31.6. The highest BCUT2D eigenvalue weighted by Gasteiger charge is 2.19. The molecule has 442 valence electrons. The predicted molar refractivity (Wildman–Crippen MR) is 343 cm³/mol. The maximum atomic E-state index is 12.9. The van der Waals surface area contributed by atoms with Crippen LogP contribution in [0.25, 0.3) is 0 Å². The Kier molecular flexibility index (Phi) is 61.0. The van der Waals surface area contributed by atoms with Crippen LogP contribution in [0.2, 0.25) is 0 Å². The van der Waals surface area contributed by atoms with Gasteiger partial charge in [-0.15, -0.1) is 0 Å². The zero-order chi connectivity index (χ0) is 57.1. The maximum absolute atomic E-state index is 12.9. The van der Waals surface area contributed by atoms with Crippen molar-refractivity contribution in [1.82, 2.24) is 0 Å². The molecule has 0 aromatic rings. The summed E-state index contributed by atoms with van der Waals surface area (Å²) < 4.78 is 16.8. The van der Waals surface area contributed by atoms with Gasteiger partial charge in [-0.1, -0.05) is 249 Å². The largest absolute Gasteiger partial charge is 0.462 e. The minimum absolute atomic E-state index is 0.114. The Balaban J connectivity index is 4.41. The molecule has 0 heterocycles. The highest BCUT2D eigenvalue weighted by atomic mass is 16.6. The lowest BCUT2D eigenvalue weighted by molar-refractivity contribution is -0.167. The first-order chi connectivity index (χ1) is 39.0. The van der Waals surface area contributed by atoms with Crippen LogP contribution in [-0.2, 0) is 28.6 Å². The van der Waals surface area contributed by atoms with Gasteiger partial charge >= 0.3 is 17.9 Å². The van der Waals surface area contributed by atoms with Gasteiger partial charge in [-0.2, -0.15) is 0 Å². The zero-order valence-corrected chi connectivity index (χ0v) is 50.6. The molecule has 79 heavy (non-hydrogen) atoms. The van der Waals surface area contributed by atoms with Gasteiger partial charge < -0.3 is 14.2 Å². The van der Waals surface area contributed by atoms with Gasteiger partial charge in [0.25, 0.3) is 0 Å². The smallest absolute Gasteiger partial charge is 0.306 e. The molecule has 0 aliphatic carbocycles. The number of carbonyl (C=O) groups excluding carboxylic acids is 3. The summed E-state index contributed by atoms with van der Waals surface area (Å²) in [5, 5.41) is 0. The number of ether oxygens (including phenoxy) is 3. The van der Waals surface area contributed by atoms with Crippen LogP contribution in [0.3, 0.4) is 0 Å². The molecule has 0 saturated carbocycles. The second kappa shape index (κ2) is 65.3. The second-order valence-electron chi connectivity index (χ2n) is 20.2. The summed E-state index contributed by atoms with van der Waals surface area (Å²) in [4.78, 5) is 38.3. The normalized spacial score (nSPS) is 13.3. The molecule has 0 N–H and O–H groups in total. The third-order valence-corrected chi connectivity index (χ3v) is 12.7. The molecule has 1 atom stereocenters. The van der Waals surface area contributed by atoms with E-state index in [2.05, 4.69) is 191 Å². The van der Waals surface area contributed by atoms with Gasteiger partial charge in [0.1, 0.15) is 13.2 Å². The minimum atomic E-state index is -0.822. The SMILES string of the molecule is CC/C=C\C/C=C\C/C=C\C/C=C\C/C=C\C/C=C\C/C=C\C/C=C\CCCCCCCCC(=O)OCC(COC(=O)CCCCCCC/C=C\C/C=C\CCCCC)OC(=O)CCCC/C=C\C/C=C\C/C=C\C/C=C\CC. The fourth-order valence-electron chi connectivity index (χ4n) is 8.01. The summed E-state index contributed by atoms with van der Waals surface area (Å²) >= 11 is 0. The Labute approximate surface area is 485 Å². The summed E-state index contributed by atoms with van der Waals surface area (Å²) in [5.74, 6) is -0.990. The molecule has 0 amide bonds. The number of allylic oxidation sites excluding steroid dienone is 28. The van der Waals surface area contributed by atoms with Crippen LogP contribution in [0.4, 0.5) is 0 Å². The van der Waals surface area contributed by atoms with Crippen LogP contribution in [-0.4, -0.2) is 37.2 Å². The topological polar surface area (TPSA) is 78.9 Å². The van der Waals surface area contributed by atoms with E-state index in [1.165, 1.54) is 38.5 Å². The fourth-order valence-corrected chi connectivity index (χ4v) is 8.01. The fraction of sp³-hybridized carbons (Fsp3) is 0.575. The molecule has 6 heteroatoms. The zero-order valence-electron chi connectivity index (χ0n) is 50.6. The van der Waals surface area contributed by atoms with Crippen LogP contribution in [0.1, 0.15) is 252 Å². The molecular formula is C73H114O6. The standard InChI is InChI=1S/C73H114O6/c1-4-7-10-13-16-19-22-25-28-29-30-31-32-33-34-35-36-37-38-39-40-41-42-43-46-48-51-54-57-60-63-66-72(75)78-69-70(79-73(76)67-64-61-58-55-52-49-45-27-24-21-18-15-12-9-6-3)68-77-71(74)65-62-59-56-53-50-47-44-26-23-20-17-14-11-8-5-2/h7,9-10,12,16-21,25-28,30-31,33-34,36-37,39-40,42-45,52,55,70H,4-6,8,11,13-15,22-24,29,32,35,38,41,46-51,53-54,56-69H2,1-3H3/b10-7-,12-9-,19-16-,20-17-,21-18-,28-25-,31-30-,34-33-,37-36-,40-39-,43-42-,44-26-,45-27-,55-52-. The molecule has 1 unspecified atom stereocenters. The average Bonchev–Trinajstić information content (AvgIpc) is 3.45. The summed E-state index contributed by atoms with van der Waals surface area (Å²) in [6.45, 7) is 6.31. The van der Waals surface area contributed by atoms with Crippen LogP contribution in [0.5, 0.6) is 0 Å². The van der Waals surface area contributed by atoms with Crippen molar-refractivity contribution in [3.05, 3.63) is 170 Å². The lowest BCUT2D eigenvalue weighted by Gasteiger charge is -2.18. The van der Waals surface area contributed by atoms with E-state index in [1.54, 1.807) is 0 Å². The molecule has 0 radical (unpaired) electrons. The molecule has 0 rings (SSSR count). The van der Waals surface area contributed by atoms with Crippen molar-refractivity contribution in [3.63, 3.8) is 0 Å². The third kappa shape index (κ3) is 63.5. The lowest BCUT2D eigenvalue weighted by Crippen LogP contribution is -2.30. The third-order valence-electron chi connectivity index (χ3n) is 12.7. The van der Waals surface area contributed by atoms with Gasteiger partial charge in [-0.3, -0.25) is 14.4 Å². The average molecular weight is 1090 g/mol.